The van der Waals surface area contributed by atoms with Gasteiger partial charge < -0.3 is 21.1 Å². The van der Waals surface area contributed by atoms with E-state index in [4.69, 9.17) is 5.73 Å². The lowest BCUT2D eigenvalue weighted by molar-refractivity contribution is -0.151. The van der Waals surface area contributed by atoms with Crippen molar-refractivity contribution in [2.75, 3.05) is 0 Å². The first kappa shape index (κ1) is 27.1. The summed E-state index contributed by atoms with van der Waals surface area (Å²) in [4.78, 5) is 38.3. The second-order valence-electron chi connectivity index (χ2n) is 8.76. The van der Waals surface area contributed by atoms with E-state index in [1.165, 1.54) is 23.2 Å². The number of benzene rings is 1. The molecule has 1 aliphatic rings. The van der Waals surface area contributed by atoms with Crippen molar-refractivity contribution in [3.05, 3.63) is 54.3 Å². The Hall–Kier alpha value is -3.13. The maximum Gasteiger partial charge on any atom is 0.330 e. The predicted molar refractivity (Wildman–Crippen MR) is 129 cm³/mol. The number of nitrogens with zero attached hydrogens (tertiary/aromatic N) is 1. The molecule has 1 aromatic rings. The molecule has 34 heavy (non-hydrogen) atoms. The molecule has 5 N–H and O–H groups in total. The summed E-state index contributed by atoms with van der Waals surface area (Å²) in [5.74, 6) is -2.98. The highest BCUT2D eigenvalue weighted by Crippen LogP contribution is 2.41. The third-order valence-electron chi connectivity index (χ3n) is 6.44. The maximum absolute atomic E-state index is 13.3. The molecule has 0 saturated heterocycles. The number of hydrogen-bond donors (Lipinski definition) is 4. The number of phenolic OH excluding ortho intramolecular Hbond substituents is 1. The van der Waals surface area contributed by atoms with E-state index in [1.54, 1.807) is 24.3 Å². The van der Waals surface area contributed by atoms with Crippen molar-refractivity contribution in [2.45, 2.75) is 76.4 Å². The Morgan fingerprint density at radius 3 is 2.53 bits per heavy atom. The number of para-hydroxylation sites is 1. The SMILES string of the molecule is CCCCCC[C@H](C/C=C/CC[C@@H](O)C(N)=O)[C@]1(C(=O)O)CC=CN1C(=O)c1ccccc1O. The van der Waals surface area contributed by atoms with Gasteiger partial charge in [-0.3, -0.25) is 14.5 Å². The molecule has 2 rings (SSSR count). The van der Waals surface area contributed by atoms with Crippen molar-refractivity contribution in [1.29, 1.82) is 0 Å². The van der Waals surface area contributed by atoms with E-state index in [9.17, 15) is 29.7 Å². The number of primary amides is 1. The van der Waals surface area contributed by atoms with Crippen LogP contribution in [-0.4, -0.2) is 49.6 Å². The highest BCUT2D eigenvalue weighted by Gasteiger charge is 2.53. The number of nitrogens with two attached hydrogens (primary N) is 1. The molecule has 0 aromatic heterocycles. The molecule has 0 fully saturated rings. The van der Waals surface area contributed by atoms with E-state index in [1.807, 2.05) is 6.08 Å². The topological polar surface area (TPSA) is 141 Å². The number of hydrogen-bond acceptors (Lipinski definition) is 5. The van der Waals surface area contributed by atoms with Gasteiger partial charge in [-0.05, 0) is 43.7 Å². The average Bonchev–Trinajstić information content (AvgIpc) is 3.26. The molecule has 0 unspecified atom stereocenters. The van der Waals surface area contributed by atoms with Crippen LogP contribution in [0.5, 0.6) is 5.75 Å². The fourth-order valence-corrected chi connectivity index (χ4v) is 4.47. The first-order chi connectivity index (χ1) is 16.3. The number of rotatable bonds is 14. The largest absolute Gasteiger partial charge is 0.507 e. The normalized spacial score (nSPS) is 19.4. The van der Waals surface area contributed by atoms with Gasteiger partial charge >= 0.3 is 5.97 Å². The van der Waals surface area contributed by atoms with Crippen LogP contribution < -0.4 is 5.73 Å². The molecule has 1 aliphatic heterocycles. The van der Waals surface area contributed by atoms with Gasteiger partial charge in [0.05, 0.1) is 5.56 Å². The maximum atomic E-state index is 13.3. The summed E-state index contributed by atoms with van der Waals surface area (Å²) in [6, 6.07) is 6.12. The van der Waals surface area contributed by atoms with Crippen molar-refractivity contribution in [1.82, 2.24) is 4.90 Å². The van der Waals surface area contributed by atoms with Gasteiger partial charge in [0.25, 0.3) is 5.91 Å². The zero-order valence-electron chi connectivity index (χ0n) is 19.7. The Morgan fingerprint density at radius 2 is 1.88 bits per heavy atom. The minimum absolute atomic E-state index is 0.0559. The third kappa shape index (κ3) is 6.47. The van der Waals surface area contributed by atoms with Crippen LogP contribution in [-0.2, 0) is 9.59 Å². The number of unbranched alkanes of at least 4 members (excludes halogenated alkanes) is 3. The Balaban J connectivity index is 2.28. The lowest BCUT2D eigenvalue weighted by Crippen LogP contribution is -2.57. The molecule has 0 bridgehead atoms. The standard InChI is InChI=1S/C26H36N2O6/c1-2-3-4-6-12-19(13-7-5-8-16-22(30)23(27)31)26(25(33)34)17-11-18-28(26)24(32)20-14-9-10-15-21(20)29/h5,7,9-11,14-15,18-19,22,29-30H,2-4,6,8,12-13,16-17H2,1H3,(H2,27,31)(H,33,34)/b7-5+/t19-,22-,26+/m1/s1. The molecule has 0 saturated carbocycles. The summed E-state index contributed by atoms with van der Waals surface area (Å²) in [5.41, 5.74) is 3.66. The number of carboxylic acid groups (broad SMARTS) is 1. The zero-order chi connectivity index (χ0) is 25.1. The van der Waals surface area contributed by atoms with Crippen molar-refractivity contribution >= 4 is 17.8 Å². The summed E-state index contributed by atoms with van der Waals surface area (Å²) < 4.78 is 0. The quantitative estimate of drug-likeness (QED) is 0.240. The van der Waals surface area contributed by atoms with Gasteiger partial charge in [0.15, 0.2) is 5.54 Å². The summed E-state index contributed by atoms with van der Waals surface area (Å²) >= 11 is 0. The Labute approximate surface area is 200 Å². The fourth-order valence-electron chi connectivity index (χ4n) is 4.47. The smallest absolute Gasteiger partial charge is 0.330 e. The van der Waals surface area contributed by atoms with Gasteiger partial charge in [-0.2, -0.15) is 0 Å². The molecule has 3 atom stereocenters. The fraction of sp³-hybridized carbons (Fsp3) is 0.500. The minimum atomic E-state index is -1.47. The molecule has 0 radical (unpaired) electrons. The highest BCUT2D eigenvalue weighted by molar-refractivity contribution is 6.01. The van der Waals surface area contributed by atoms with E-state index >= 15 is 0 Å². The molecular weight excluding hydrogens is 436 g/mol. The number of aliphatic carboxylic acids is 1. The monoisotopic (exact) mass is 472 g/mol. The van der Waals surface area contributed by atoms with Crippen LogP contribution in [0.1, 0.15) is 75.1 Å². The second-order valence-corrected chi connectivity index (χ2v) is 8.76. The molecule has 2 amide bonds. The van der Waals surface area contributed by atoms with Crippen molar-refractivity contribution in [3.63, 3.8) is 0 Å². The molecule has 8 nitrogen and oxygen atoms in total. The van der Waals surface area contributed by atoms with Crippen molar-refractivity contribution < 1.29 is 29.7 Å². The van der Waals surface area contributed by atoms with E-state index in [0.717, 1.165) is 25.7 Å². The molecule has 1 heterocycles. The number of aliphatic hydroxyl groups is 1. The van der Waals surface area contributed by atoms with Crippen LogP contribution in [0.3, 0.4) is 0 Å². The van der Waals surface area contributed by atoms with E-state index in [-0.39, 0.29) is 30.1 Å². The predicted octanol–water partition coefficient (Wildman–Crippen LogP) is 3.73. The zero-order valence-corrected chi connectivity index (χ0v) is 19.7. The lowest BCUT2D eigenvalue weighted by atomic mass is 9.75. The first-order valence-corrected chi connectivity index (χ1v) is 11.9. The second kappa shape index (κ2) is 12.9. The highest BCUT2D eigenvalue weighted by atomic mass is 16.4. The number of amides is 2. The van der Waals surface area contributed by atoms with E-state index in [0.29, 0.717) is 19.3 Å². The minimum Gasteiger partial charge on any atom is -0.507 e. The van der Waals surface area contributed by atoms with Crippen LogP contribution in [0.2, 0.25) is 0 Å². The van der Waals surface area contributed by atoms with Crippen LogP contribution in [0.15, 0.2) is 48.7 Å². The number of carbonyl (C=O) groups is 3. The number of aromatic hydroxyl groups is 1. The van der Waals surface area contributed by atoms with Gasteiger partial charge in [0.2, 0.25) is 5.91 Å². The average molecular weight is 473 g/mol. The number of carboxylic acids is 1. The first-order valence-electron chi connectivity index (χ1n) is 11.9. The molecule has 0 aliphatic carbocycles. The van der Waals surface area contributed by atoms with Crippen LogP contribution in [0, 0.1) is 5.92 Å². The third-order valence-corrected chi connectivity index (χ3v) is 6.44. The molecule has 1 aromatic carbocycles. The summed E-state index contributed by atoms with van der Waals surface area (Å²) in [7, 11) is 0. The van der Waals surface area contributed by atoms with Crippen molar-refractivity contribution in [2.24, 2.45) is 11.7 Å². The summed E-state index contributed by atoms with van der Waals surface area (Å²) in [5, 5.41) is 30.1. The number of allylic oxidation sites excluding steroid dienone is 2. The van der Waals surface area contributed by atoms with Crippen LogP contribution >= 0.6 is 0 Å². The molecule has 0 spiro atoms. The van der Waals surface area contributed by atoms with E-state index in [2.05, 4.69) is 6.92 Å². The van der Waals surface area contributed by atoms with Gasteiger partial charge in [-0.25, -0.2) is 4.79 Å². The number of aliphatic hydroxyl groups excluding tert-OH is 1. The Bertz CT molecular complexity index is 912. The van der Waals surface area contributed by atoms with Gasteiger partial charge in [-0.15, -0.1) is 0 Å². The van der Waals surface area contributed by atoms with Crippen molar-refractivity contribution in [3.8, 4) is 5.75 Å². The number of carbonyl (C=O) groups excluding carboxylic acids is 2. The van der Waals surface area contributed by atoms with Gasteiger partial charge in [0, 0.05) is 12.6 Å². The Morgan fingerprint density at radius 1 is 1.15 bits per heavy atom. The summed E-state index contributed by atoms with van der Waals surface area (Å²) in [6.45, 7) is 2.10. The Kier molecular flexibility index (Phi) is 10.3. The van der Waals surface area contributed by atoms with Gasteiger partial charge in [0.1, 0.15) is 11.9 Å². The lowest BCUT2D eigenvalue weighted by Gasteiger charge is -2.40. The summed E-state index contributed by atoms with van der Waals surface area (Å²) in [6.07, 6.45) is 11.4. The molecular formula is C26H36N2O6. The molecule has 186 valence electrons. The number of phenols is 1. The van der Waals surface area contributed by atoms with E-state index < -0.39 is 29.4 Å². The van der Waals surface area contributed by atoms with Crippen LogP contribution in [0.25, 0.3) is 0 Å². The van der Waals surface area contributed by atoms with Gasteiger partial charge in [-0.1, -0.05) is 63.0 Å². The molecule has 8 heteroatoms. The van der Waals surface area contributed by atoms with Crippen LogP contribution in [0.4, 0.5) is 0 Å².